The standard InChI is InChI=1S/C17H19Cl2N3O2/c1-11-5-12(9-23)8-22(11)17-20-6-13(7-21-17)24-10-14-15(18)3-2-4-16(14)19/h2-4,6-7,11-12,23H,5,8-10H2,1H3. The molecule has 1 aliphatic rings. The lowest BCUT2D eigenvalue weighted by atomic mass is 10.1. The second-order valence-electron chi connectivity index (χ2n) is 5.99. The fourth-order valence-electron chi connectivity index (χ4n) is 2.91. The monoisotopic (exact) mass is 367 g/mol. The van der Waals surface area contributed by atoms with E-state index in [1.54, 1.807) is 30.6 Å². The normalized spacial score (nSPS) is 20.4. The van der Waals surface area contributed by atoms with E-state index in [-0.39, 0.29) is 19.1 Å². The van der Waals surface area contributed by atoms with Gasteiger partial charge in [-0.3, -0.25) is 0 Å². The molecule has 1 saturated heterocycles. The van der Waals surface area contributed by atoms with Gasteiger partial charge >= 0.3 is 0 Å². The first kappa shape index (κ1) is 17.3. The Kier molecular flexibility index (Phi) is 5.43. The predicted octanol–water partition coefficient (Wildman–Crippen LogP) is 3.57. The summed E-state index contributed by atoms with van der Waals surface area (Å²) < 4.78 is 5.69. The Hall–Kier alpha value is -1.56. The lowest BCUT2D eigenvalue weighted by Gasteiger charge is -2.21. The molecule has 2 aromatic rings. The number of hydrogen-bond acceptors (Lipinski definition) is 5. The summed E-state index contributed by atoms with van der Waals surface area (Å²) >= 11 is 12.3. The van der Waals surface area contributed by atoms with Crippen LogP contribution in [0, 0.1) is 5.92 Å². The maximum Gasteiger partial charge on any atom is 0.225 e. The van der Waals surface area contributed by atoms with Crippen molar-refractivity contribution in [3.63, 3.8) is 0 Å². The molecular weight excluding hydrogens is 349 g/mol. The summed E-state index contributed by atoms with van der Waals surface area (Å²) in [4.78, 5) is 10.9. The van der Waals surface area contributed by atoms with Gasteiger partial charge in [0, 0.05) is 40.7 Å². The fraction of sp³-hybridized carbons (Fsp3) is 0.412. The number of hydrogen-bond donors (Lipinski definition) is 1. The molecule has 0 spiro atoms. The number of rotatable bonds is 5. The Morgan fingerprint density at radius 1 is 1.25 bits per heavy atom. The van der Waals surface area contributed by atoms with E-state index < -0.39 is 0 Å². The molecule has 128 valence electrons. The molecule has 1 aromatic carbocycles. The maximum atomic E-state index is 9.31. The Balaban J connectivity index is 1.65. The Morgan fingerprint density at radius 3 is 2.50 bits per heavy atom. The molecule has 1 N–H and O–H groups in total. The number of aliphatic hydroxyl groups is 1. The molecule has 0 saturated carbocycles. The van der Waals surface area contributed by atoms with Crippen molar-refractivity contribution in [2.75, 3.05) is 18.1 Å². The van der Waals surface area contributed by atoms with E-state index in [9.17, 15) is 5.11 Å². The summed E-state index contributed by atoms with van der Waals surface area (Å²) in [6.07, 6.45) is 4.24. The largest absolute Gasteiger partial charge is 0.486 e. The van der Waals surface area contributed by atoms with Gasteiger partial charge in [-0.05, 0) is 25.5 Å². The van der Waals surface area contributed by atoms with Crippen LogP contribution in [0.3, 0.4) is 0 Å². The first-order chi connectivity index (χ1) is 11.6. The minimum absolute atomic E-state index is 0.195. The van der Waals surface area contributed by atoms with Crippen LogP contribution in [0.4, 0.5) is 5.95 Å². The van der Waals surface area contributed by atoms with Crippen LogP contribution in [0.5, 0.6) is 5.75 Å². The van der Waals surface area contributed by atoms with Gasteiger partial charge in [-0.25, -0.2) is 9.97 Å². The Labute approximate surface area is 151 Å². The molecule has 2 atom stereocenters. The van der Waals surface area contributed by atoms with Crippen LogP contribution in [0.1, 0.15) is 18.9 Å². The third-order valence-electron chi connectivity index (χ3n) is 4.24. The van der Waals surface area contributed by atoms with Crippen LogP contribution in [0.25, 0.3) is 0 Å². The molecule has 2 unspecified atom stereocenters. The van der Waals surface area contributed by atoms with Crippen molar-refractivity contribution >= 4 is 29.2 Å². The number of anilines is 1. The summed E-state index contributed by atoms with van der Waals surface area (Å²) in [7, 11) is 0. The van der Waals surface area contributed by atoms with Crippen molar-refractivity contribution < 1.29 is 9.84 Å². The van der Waals surface area contributed by atoms with Crippen LogP contribution in [-0.2, 0) is 6.61 Å². The van der Waals surface area contributed by atoms with Gasteiger partial charge in [0.2, 0.25) is 5.95 Å². The van der Waals surface area contributed by atoms with Gasteiger partial charge in [0.25, 0.3) is 0 Å². The second kappa shape index (κ2) is 7.55. The van der Waals surface area contributed by atoms with Crippen molar-refractivity contribution in [1.82, 2.24) is 9.97 Å². The molecule has 0 bridgehead atoms. The molecule has 5 nitrogen and oxygen atoms in total. The van der Waals surface area contributed by atoms with Gasteiger partial charge in [-0.2, -0.15) is 0 Å². The average Bonchev–Trinajstić information content (AvgIpc) is 2.96. The number of ether oxygens (including phenoxy) is 1. The van der Waals surface area contributed by atoms with Gasteiger partial charge in [-0.15, -0.1) is 0 Å². The summed E-state index contributed by atoms with van der Waals surface area (Å²) in [5.74, 6) is 1.49. The highest BCUT2D eigenvalue weighted by molar-refractivity contribution is 6.35. The van der Waals surface area contributed by atoms with Crippen LogP contribution in [0.2, 0.25) is 10.0 Å². The van der Waals surface area contributed by atoms with Crippen molar-refractivity contribution in [2.24, 2.45) is 5.92 Å². The van der Waals surface area contributed by atoms with Crippen molar-refractivity contribution in [3.8, 4) is 5.75 Å². The molecule has 1 aliphatic heterocycles. The van der Waals surface area contributed by atoms with Crippen LogP contribution in [0.15, 0.2) is 30.6 Å². The lowest BCUT2D eigenvalue weighted by Crippen LogP contribution is -2.28. The first-order valence-corrected chi connectivity index (χ1v) is 8.59. The Morgan fingerprint density at radius 2 is 1.92 bits per heavy atom. The van der Waals surface area contributed by atoms with E-state index in [0.717, 1.165) is 18.5 Å². The molecule has 0 aliphatic carbocycles. The minimum atomic E-state index is 0.195. The van der Waals surface area contributed by atoms with Gasteiger partial charge < -0.3 is 14.7 Å². The van der Waals surface area contributed by atoms with Crippen LogP contribution in [-0.4, -0.2) is 34.3 Å². The first-order valence-electron chi connectivity index (χ1n) is 7.83. The summed E-state index contributed by atoms with van der Waals surface area (Å²) in [6.45, 7) is 3.34. The highest BCUT2D eigenvalue weighted by Crippen LogP contribution is 2.28. The number of aliphatic hydroxyl groups excluding tert-OH is 1. The van der Waals surface area contributed by atoms with E-state index >= 15 is 0 Å². The van der Waals surface area contributed by atoms with Gasteiger partial charge in [0.15, 0.2) is 5.75 Å². The number of aromatic nitrogens is 2. The van der Waals surface area contributed by atoms with E-state index in [4.69, 9.17) is 27.9 Å². The second-order valence-corrected chi connectivity index (χ2v) is 6.81. The fourth-order valence-corrected chi connectivity index (χ4v) is 3.42. The maximum absolute atomic E-state index is 9.31. The molecule has 1 fully saturated rings. The van der Waals surface area contributed by atoms with Crippen molar-refractivity contribution in [3.05, 3.63) is 46.2 Å². The van der Waals surface area contributed by atoms with Crippen LogP contribution >= 0.6 is 23.2 Å². The minimum Gasteiger partial charge on any atom is -0.486 e. The zero-order chi connectivity index (χ0) is 17.1. The summed E-state index contributed by atoms with van der Waals surface area (Å²) in [5.41, 5.74) is 0.740. The molecule has 7 heteroatoms. The lowest BCUT2D eigenvalue weighted by molar-refractivity contribution is 0.236. The third kappa shape index (κ3) is 3.74. The van der Waals surface area contributed by atoms with Gasteiger partial charge in [0.05, 0.1) is 12.4 Å². The predicted molar refractivity (Wildman–Crippen MR) is 94.8 cm³/mol. The van der Waals surface area contributed by atoms with E-state index in [2.05, 4.69) is 21.8 Å². The zero-order valence-electron chi connectivity index (χ0n) is 13.3. The van der Waals surface area contributed by atoms with Gasteiger partial charge in [-0.1, -0.05) is 29.3 Å². The molecule has 24 heavy (non-hydrogen) atoms. The number of nitrogens with zero attached hydrogens (tertiary/aromatic N) is 3. The zero-order valence-corrected chi connectivity index (χ0v) is 14.8. The van der Waals surface area contributed by atoms with Gasteiger partial charge in [0.1, 0.15) is 6.61 Å². The smallest absolute Gasteiger partial charge is 0.225 e. The third-order valence-corrected chi connectivity index (χ3v) is 4.94. The SMILES string of the molecule is CC1CC(CO)CN1c1ncc(OCc2c(Cl)cccc2Cl)cn1. The highest BCUT2D eigenvalue weighted by Gasteiger charge is 2.30. The van der Waals surface area contributed by atoms with Crippen molar-refractivity contribution in [1.29, 1.82) is 0 Å². The molecule has 1 aromatic heterocycles. The Bertz CT molecular complexity index is 676. The highest BCUT2D eigenvalue weighted by atomic mass is 35.5. The quantitative estimate of drug-likeness (QED) is 0.875. The molecule has 2 heterocycles. The van der Waals surface area contributed by atoms with Crippen molar-refractivity contribution in [2.45, 2.75) is 26.0 Å². The van der Waals surface area contributed by atoms with E-state index in [1.807, 2.05) is 0 Å². The molecule has 0 radical (unpaired) electrons. The summed E-state index contributed by atoms with van der Waals surface area (Å²) in [6, 6.07) is 5.66. The number of benzene rings is 1. The molecular formula is C17H19Cl2N3O2. The average molecular weight is 368 g/mol. The summed E-state index contributed by atoms with van der Waals surface area (Å²) in [5, 5.41) is 10.4. The van der Waals surface area contributed by atoms with E-state index in [1.165, 1.54) is 0 Å². The van der Waals surface area contributed by atoms with Crippen LogP contribution < -0.4 is 9.64 Å². The topological polar surface area (TPSA) is 58.5 Å². The number of halogens is 2. The molecule has 0 amide bonds. The molecule has 3 rings (SSSR count). The van der Waals surface area contributed by atoms with E-state index in [0.29, 0.717) is 27.8 Å².